The highest BCUT2D eigenvalue weighted by Gasteiger charge is 2.14. The zero-order valence-electron chi connectivity index (χ0n) is 10.8. The van der Waals surface area contributed by atoms with Crippen LogP contribution in [0.15, 0.2) is 36.4 Å². The van der Waals surface area contributed by atoms with Crippen LogP contribution in [0.2, 0.25) is 0 Å². The second kappa shape index (κ2) is 5.80. The molecule has 3 N–H and O–H groups in total. The number of halogens is 1. The van der Waals surface area contributed by atoms with Crippen LogP contribution in [0.4, 0.5) is 4.39 Å². The Bertz CT molecular complexity index is 594. The number of fused-ring (bicyclic) bond motifs is 1. The third-order valence-corrected chi connectivity index (χ3v) is 3.23. The summed E-state index contributed by atoms with van der Waals surface area (Å²) in [4.78, 5) is 12.2. The van der Waals surface area contributed by atoms with Gasteiger partial charge in [-0.1, -0.05) is 31.2 Å². The standard InChI is InChI=1S/C15H17FN2O/c1-2-10(9-17)18-15(19)13-7-8-14(16)12-6-4-3-5-11(12)13/h3-8,10H,2,9,17H2,1H3,(H,18,19). The Morgan fingerprint density at radius 3 is 2.58 bits per heavy atom. The van der Waals surface area contributed by atoms with Gasteiger partial charge in [0.25, 0.3) is 5.91 Å². The molecule has 0 aromatic heterocycles. The van der Waals surface area contributed by atoms with Crippen LogP contribution in [0.1, 0.15) is 23.7 Å². The van der Waals surface area contributed by atoms with Gasteiger partial charge in [-0.2, -0.15) is 0 Å². The second-order valence-corrected chi connectivity index (χ2v) is 4.45. The van der Waals surface area contributed by atoms with Gasteiger partial charge in [-0.3, -0.25) is 4.79 Å². The van der Waals surface area contributed by atoms with Gasteiger partial charge >= 0.3 is 0 Å². The lowest BCUT2D eigenvalue weighted by Gasteiger charge is -2.15. The molecule has 0 fully saturated rings. The topological polar surface area (TPSA) is 55.1 Å². The summed E-state index contributed by atoms with van der Waals surface area (Å²) in [5.41, 5.74) is 6.05. The molecule has 1 amide bonds. The van der Waals surface area contributed by atoms with Crippen molar-refractivity contribution in [2.75, 3.05) is 6.54 Å². The Morgan fingerprint density at radius 1 is 1.26 bits per heavy atom. The minimum Gasteiger partial charge on any atom is -0.348 e. The third-order valence-electron chi connectivity index (χ3n) is 3.23. The van der Waals surface area contributed by atoms with Gasteiger partial charge in [0.05, 0.1) is 0 Å². The Balaban J connectivity index is 2.40. The van der Waals surface area contributed by atoms with Crippen LogP contribution in [-0.2, 0) is 0 Å². The number of rotatable bonds is 4. The monoisotopic (exact) mass is 260 g/mol. The van der Waals surface area contributed by atoms with Gasteiger partial charge in [-0.15, -0.1) is 0 Å². The first-order valence-electron chi connectivity index (χ1n) is 6.35. The van der Waals surface area contributed by atoms with Gasteiger partial charge < -0.3 is 11.1 Å². The predicted molar refractivity (Wildman–Crippen MR) is 74.5 cm³/mol. The highest BCUT2D eigenvalue weighted by Crippen LogP contribution is 2.21. The number of benzene rings is 2. The van der Waals surface area contributed by atoms with E-state index in [-0.39, 0.29) is 17.8 Å². The predicted octanol–water partition coefficient (Wildman–Crippen LogP) is 2.45. The third kappa shape index (κ3) is 2.74. The Morgan fingerprint density at radius 2 is 1.95 bits per heavy atom. The molecule has 1 unspecified atom stereocenters. The fraction of sp³-hybridized carbons (Fsp3) is 0.267. The van der Waals surface area contributed by atoms with Crippen LogP contribution in [0.5, 0.6) is 0 Å². The summed E-state index contributed by atoms with van der Waals surface area (Å²) in [6.45, 7) is 2.35. The molecule has 2 aromatic carbocycles. The van der Waals surface area contributed by atoms with Crippen molar-refractivity contribution < 1.29 is 9.18 Å². The molecule has 0 aliphatic rings. The minimum atomic E-state index is -0.321. The molecule has 2 aromatic rings. The van der Waals surface area contributed by atoms with E-state index >= 15 is 0 Å². The van der Waals surface area contributed by atoms with Crippen LogP contribution in [0.3, 0.4) is 0 Å². The van der Waals surface area contributed by atoms with Gasteiger partial charge in [0, 0.05) is 23.5 Å². The van der Waals surface area contributed by atoms with E-state index in [0.717, 1.165) is 6.42 Å². The lowest BCUT2D eigenvalue weighted by atomic mass is 10.0. The number of nitrogens with two attached hydrogens (primary N) is 1. The summed E-state index contributed by atoms with van der Waals surface area (Å²) in [5, 5.41) is 3.93. The van der Waals surface area contributed by atoms with E-state index in [0.29, 0.717) is 22.9 Å². The number of hydrogen-bond acceptors (Lipinski definition) is 2. The molecule has 2 rings (SSSR count). The van der Waals surface area contributed by atoms with E-state index in [9.17, 15) is 9.18 Å². The van der Waals surface area contributed by atoms with E-state index < -0.39 is 0 Å². The first-order valence-corrected chi connectivity index (χ1v) is 6.35. The fourth-order valence-corrected chi connectivity index (χ4v) is 2.05. The quantitative estimate of drug-likeness (QED) is 0.887. The van der Waals surface area contributed by atoms with E-state index in [1.54, 1.807) is 24.3 Å². The molecular formula is C15H17FN2O. The van der Waals surface area contributed by atoms with Crippen LogP contribution in [0.25, 0.3) is 10.8 Å². The van der Waals surface area contributed by atoms with Gasteiger partial charge in [0.15, 0.2) is 0 Å². The molecular weight excluding hydrogens is 243 g/mol. The van der Waals surface area contributed by atoms with E-state index in [1.165, 1.54) is 12.1 Å². The number of amides is 1. The summed E-state index contributed by atoms with van der Waals surface area (Å²) in [6, 6.07) is 9.73. The maximum absolute atomic E-state index is 13.7. The minimum absolute atomic E-state index is 0.0590. The van der Waals surface area contributed by atoms with Crippen LogP contribution in [0, 0.1) is 5.82 Å². The molecule has 0 radical (unpaired) electrons. The average Bonchev–Trinajstić information content (AvgIpc) is 2.45. The van der Waals surface area contributed by atoms with Crippen LogP contribution < -0.4 is 11.1 Å². The molecule has 0 spiro atoms. The highest BCUT2D eigenvalue weighted by atomic mass is 19.1. The number of carbonyl (C=O) groups is 1. The average molecular weight is 260 g/mol. The van der Waals surface area contributed by atoms with Gasteiger partial charge in [-0.25, -0.2) is 4.39 Å². The van der Waals surface area contributed by atoms with Crippen molar-refractivity contribution in [1.29, 1.82) is 0 Å². The molecule has 4 heteroatoms. The summed E-state index contributed by atoms with van der Waals surface area (Å²) in [5.74, 6) is -0.536. The normalized spacial score (nSPS) is 12.4. The number of nitrogens with one attached hydrogen (secondary N) is 1. The summed E-state index contributed by atoms with van der Waals surface area (Å²) < 4.78 is 13.7. The molecule has 0 aliphatic heterocycles. The Labute approximate surface area is 111 Å². The summed E-state index contributed by atoms with van der Waals surface area (Å²) in [6.07, 6.45) is 0.765. The van der Waals surface area contributed by atoms with E-state index in [4.69, 9.17) is 5.73 Å². The van der Waals surface area contributed by atoms with Gasteiger partial charge in [0.1, 0.15) is 5.82 Å². The van der Waals surface area contributed by atoms with Crippen molar-refractivity contribution in [3.63, 3.8) is 0 Å². The maximum atomic E-state index is 13.7. The van der Waals surface area contributed by atoms with Gasteiger partial charge in [-0.05, 0) is 23.9 Å². The van der Waals surface area contributed by atoms with Crippen molar-refractivity contribution in [3.8, 4) is 0 Å². The lowest BCUT2D eigenvalue weighted by molar-refractivity contribution is 0.0939. The van der Waals surface area contributed by atoms with Crippen molar-refractivity contribution in [2.24, 2.45) is 5.73 Å². The second-order valence-electron chi connectivity index (χ2n) is 4.45. The van der Waals surface area contributed by atoms with Crippen molar-refractivity contribution in [2.45, 2.75) is 19.4 Å². The molecule has 1 atom stereocenters. The van der Waals surface area contributed by atoms with Crippen LogP contribution in [-0.4, -0.2) is 18.5 Å². The number of hydrogen-bond donors (Lipinski definition) is 2. The molecule has 0 bridgehead atoms. The van der Waals surface area contributed by atoms with Gasteiger partial charge in [0.2, 0.25) is 0 Å². The van der Waals surface area contributed by atoms with E-state index in [1.807, 2.05) is 6.92 Å². The maximum Gasteiger partial charge on any atom is 0.252 e. The molecule has 100 valence electrons. The first kappa shape index (κ1) is 13.5. The summed E-state index contributed by atoms with van der Waals surface area (Å²) in [7, 11) is 0. The molecule has 3 nitrogen and oxygen atoms in total. The molecule has 19 heavy (non-hydrogen) atoms. The first-order chi connectivity index (χ1) is 9.17. The van der Waals surface area contributed by atoms with Crippen molar-refractivity contribution in [1.82, 2.24) is 5.32 Å². The Hall–Kier alpha value is -1.94. The zero-order chi connectivity index (χ0) is 13.8. The fourth-order valence-electron chi connectivity index (χ4n) is 2.05. The van der Waals surface area contributed by atoms with Crippen LogP contribution >= 0.6 is 0 Å². The zero-order valence-corrected chi connectivity index (χ0v) is 10.8. The molecule has 0 heterocycles. The van der Waals surface area contributed by atoms with Crippen molar-refractivity contribution >= 4 is 16.7 Å². The number of carbonyl (C=O) groups excluding carboxylic acids is 1. The molecule has 0 saturated heterocycles. The Kier molecular flexibility index (Phi) is 4.12. The molecule has 0 saturated carbocycles. The highest BCUT2D eigenvalue weighted by molar-refractivity contribution is 6.07. The smallest absolute Gasteiger partial charge is 0.252 e. The summed E-state index contributed by atoms with van der Waals surface area (Å²) >= 11 is 0. The lowest BCUT2D eigenvalue weighted by Crippen LogP contribution is -2.39. The molecule has 0 aliphatic carbocycles. The van der Waals surface area contributed by atoms with Crippen molar-refractivity contribution in [3.05, 3.63) is 47.8 Å². The van der Waals surface area contributed by atoms with E-state index in [2.05, 4.69) is 5.32 Å². The SMILES string of the molecule is CCC(CN)NC(=O)c1ccc(F)c2ccccc12. The largest absolute Gasteiger partial charge is 0.348 e.